The number of nitriles is 1. The van der Waals surface area contributed by atoms with Gasteiger partial charge in [0.25, 0.3) is 0 Å². The zero-order valence-corrected chi connectivity index (χ0v) is 22.6. The highest BCUT2D eigenvalue weighted by Gasteiger charge is 2.26. The summed E-state index contributed by atoms with van der Waals surface area (Å²) in [5, 5.41) is 9.81. The van der Waals surface area contributed by atoms with Crippen LogP contribution in [0.1, 0.15) is 60.3 Å². The van der Waals surface area contributed by atoms with E-state index in [1.165, 1.54) is 32.1 Å². The zero-order chi connectivity index (χ0) is 26.8. The summed E-state index contributed by atoms with van der Waals surface area (Å²) in [4.78, 5) is 21.8. The summed E-state index contributed by atoms with van der Waals surface area (Å²) in [6.07, 6.45) is 8.16. The number of carbonyl (C=O) groups is 1. The number of ether oxygens (including phenoxy) is 2. The molecule has 2 aromatic carbocycles. The lowest BCUT2D eigenvalue weighted by Gasteiger charge is -2.34. The lowest BCUT2D eigenvalue weighted by atomic mass is 9.90. The summed E-state index contributed by atoms with van der Waals surface area (Å²) in [6.45, 7) is 6.28. The lowest BCUT2D eigenvalue weighted by molar-refractivity contribution is -0.136. The van der Waals surface area contributed by atoms with E-state index in [2.05, 4.69) is 20.5 Å². The quantitative estimate of drug-likeness (QED) is 0.478. The average molecular weight is 526 g/mol. The number of fused-ring (bicyclic) bond motifs is 2. The molecule has 1 saturated carbocycles. The van der Waals surface area contributed by atoms with Crippen LogP contribution in [0.4, 0.5) is 0 Å². The molecule has 7 rings (SSSR count). The third kappa shape index (κ3) is 5.79. The number of piperazine rings is 1. The van der Waals surface area contributed by atoms with Gasteiger partial charge in [0, 0.05) is 45.0 Å². The van der Waals surface area contributed by atoms with Crippen molar-refractivity contribution in [2.45, 2.75) is 58.7 Å². The van der Waals surface area contributed by atoms with Gasteiger partial charge in [-0.25, -0.2) is 4.98 Å². The topological polar surface area (TPSA) is 83.6 Å². The number of imidazole rings is 1. The SMILES string of the molecule is Cc1ncc2n1Cc1ccc(C#N)c(c1)Oc1cc(cc(OCC3CCCCC3)c1)CN1CCN(CC1=O)C2. The molecule has 0 radical (unpaired) electrons. The maximum atomic E-state index is 13.2. The molecule has 8 heteroatoms. The number of benzene rings is 2. The first-order chi connectivity index (χ1) is 19.0. The van der Waals surface area contributed by atoms with Gasteiger partial charge in [0.05, 0.1) is 24.4 Å². The maximum Gasteiger partial charge on any atom is 0.237 e. The van der Waals surface area contributed by atoms with E-state index in [1.807, 2.05) is 54.4 Å². The Balaban J connectivity index is 1.37. The third-order valence-corrected chi connectivity index (χ3v) is 8.18. The molecule has 0 N–H and O–H groups in total. The van der Waals surface area contributed by atoms with Gasteiger partial charge >= 0.3 is 0 Å². The van der Waals surface area contributed by atoms with Crippen LogP contribution < -0.4 is 9.47 Å². The summed E-state index contributed by atoms with van der Waals surface area (Å²) in [6, 6.07) is 13.9. The summed E-state index contributed by atoms with van der Waals surface area (Å²) < 4.78 is 14.9. The molecule has 6 bridgehead atoms. The number of carbonyl (C=O) groups excluding carboxylic acids is 1. The maximum absolute atomic E-state index is 13.2. The van der Waals surface area contributed by atoms with Crippen molar-refractivity contribution in [2.24, 2.45) is 5.92 Å². The van der Waals surface area contributed by atoms with Crippen LogP contribution in [-0.2, 0) is 24.4 Å². The second kappa shape index (κ2) is 11.1. The molecule has 1 saturated heterocycles. The Bertz CT molecular complexity index is 1400. The van der Waals surface area contributed by atoms with Crippen molar-refractivity contribution in [3.8, 4) is 23.3 Å². The van der Waals surface area contributed by atoms with Crippen LogP contribution in [0.3, 0.4) is 0 Å². The Morgan fingerprint density at radius 1 is 1.03 bits per heavy atom. The molecule has 1 amide bonds. The molecule has 1 aliphatic carbocycles. The van der Waals surface area contributed by atoms with Gasteiger partial charge in [0.15, 0.2) is 0 Å². The first-order valence-corrected chi connectivity index (χ1v) is 14.0. The van der Waals surface area contributed by atoms with Gasteiger partial charge in [-0.15, -0.1) is 0 Å². The lowest BCUT2D eigenvalue weighted by Crippen LogP contribution is -2.49. The molecule has 1 aromatic heterocycles. The average Bonchev–Trinajstić information content (AvgIpc) is 3.27. The van der Waals surface area contributed by atoms with Crippen LogP contribution in [0, 0.1) is 24.2 Å². The number of amides is 1. The molecular weight excluding hydrogens is 490 g/mol. The molecule has 4 heterocycles. The largest absolute Gasteiger partial charge is 0.493 e. The zero-order valence-electron chi connectivity index (χ0n) is 22.6. The van der Waals surface area contributed by atoms with Gasteiger partial charge in [-0.2, -0.15) is 5.26 Å². The smallest absolute Gasteiger partial charge is 0.237 e. The Hall–Kier alpha value is -3.83. The molecule has 1 unspecified atom stereocenters. The van der Waals surface area contributed by atoms with E-state index in [1.54, 1.807) is 0 Å². The van der Waals surface area contributed by atoms with E-state index in [9.17, 15) is 10.1 Å². The highest BCUT2D eigenvalue weighted by Crippen LogP contribution is 2.33. The van der Waals surface area contributed by atoms with Crippen LogP contribution in [-0.4, -0.2) is 51.5 Å². The first kappa shape index (κ1) is 25.4. The van der Waals surface area contributed by atoms with Crippen LogP contribution in [0.5, 0.6) is 17.2 Å². The number of aromatic nitrogens is 2. The normalized spacial score (nSPS) is 19.7. The highest BCUT2D eigenvalue weighted by molar-refractivity contribution is 5.79. The Morgan fingerprint density at radius 2 is 1.90 bits per heavy atom. The van der Waals surface area contributed by atoms with E-state index in [0.29, 0.717) is 62.3 Å². The summed E-state index contributed by atoms with van der Waals surface area (Å²) >= 11 is 0. The van der Waals surface area contributed by atoms with Crippen molar-refractivity contribution >= 4 is 5.91 Å². The monoisotopic (exact) mass is 525 g/mol. The minimum Gasteiger partial charge on any atom is -0.493 e. The Morgan fingerprint density at radius 3 is 2.72 bits per heavy atom. The van der Waals surface area contributed by atoms with E-state index in [0.717, 1.165) is 34.9 Å². The second-order valence-electron chi connectivity index (χ2n) is 11.1. The standard InChI is InChI=1S/C31H35N5O3/c1-22-33-16-27-19-34-9-10-35(31(37)20-34)17-25-11-28(38-21-23-5-3-2-4-6-23)14-29(12-25)39-30-13-24(18-36(22)27)7-8-26(30)15-32/h7-8,11-14,16,23H,2-6,9-10,17-21H2,1H3. The number of nitrogens with zero attached hydrogens (tertiary/aromatic N) is 5. The van der Waals surface area contributed by atoms with Crippen molar-refractivity contribution in [2.75, 3.05) is 26.2 Å². The number of aryl methyl sites for hydroxylation is 1. The first-order valence-electron chi connectivity index (χ1n) is 14.0. The highest BCUT2D eigenvalue weighted by atomic mass is 16.5. The van der Waals surface area contributed by atoms with Crippen molar-refractivity contribution in [3.63, 3.8) is 0 Å². The van der Waals surface area contributed by atoms with E-state index < -0.39 is 0 Å². The van der Waals surface area contributed by atoms with Gasteiger partial charge in [-0.1, -0.05) is 25.3 Å². The fraction of sp³-hybridized carbons (Fsp3) is 0.452. The molecule has 202 valence electrons. The van der Waals surface area contributed by atoms with Crippen molar-refractivity contribution < 1.29 is 14.3 Å². The number of hydrogen-bond donors (Lipinski definition) is 0. The van der Waals surface area contributed by atoms with E-state index in [-0.39, 0.29) is 5.91 Å². The van der Waals surface area contributed by atoms with Crippen LogP contribution in [0.25, 0.3) is 0 Å². The number of rotatable bonds is 3. The Labute approximate surface area is 229 Å². The molecule has 8 nitrogen and oxygen atoms in total. The van der Waals surface area contributed by atoms with Crippen LogP contribution in [0.15, 0.2) is 42.6 Å². The molecule has 3 aliphatic heterocycles. The fourth-order valence-corrected chi connectivity index (χ4v) is 5.95. The van der Waals surface area contributed by atoms with Crippen molar-refractivity contribution in [3.05, 3.63) is 70.8 Å². The van der Waals surface area contributed by atoms with Gasteiger partial charge in [-0.05, 0) is 61.1 Å². The predicted molar refractivity (Wildman–Crippen MR) is 147 cm³/mol. The van der Waals surface area contributed by atoms with Crippen molar-refractivity contribution in [1.82, 2.24) is 19.4 Å². The van der Waals surface area contributed by atoms with E-state index in [4.69, 9.17) is 9.47 Å². The molecule has 1 atom stereocenters. The van der Waals surface area contributed by atoms with Crippen molar-refractivity contribution in [1.29, 1.82) is 5.26 Å². The minimum absolute atomic E-state index is 0.115. The molecule has 39 heavy (non-hydrogen) atoms. The summed E-state index contributed by atoms with van der Waals surface area (Å²) in [5.74, 6) is 3.47. The second-order valence-corrected chi connectivity index (χ2v) is 11.1. The third-order valence-electron chi connectivity index (χ3n) is 8.18. The molecule has 2 fully saturated rings. The Kier molecular flexibility index (Phi) is 7.25. The van der Waals surface area contributed by atoms with Gasteiger partial charge in [0.1, 0.15) is 29.1 Å². The van der Waals surface area contributed by atoms with Gasteiger partial charge < -0.3 is 18.9 Å². The minimum atomic E-state index is 0.115. The molecule has 0 spiro atoms. The fourth-order valence-electron chi connectivity index (χ4n) is 5.95. The van der Waals surface area contributed by atoms with Crippen LogP contribution in [0.2, 0.25) is 0 Å². The van der Waals surface area contributed by atoms with E-state index >= 15 is 0 Å². The molecular formula is C31H35N5O3. The summed E-state index contributed by atoms with van der Waals surface area (Å²) in [5.41, 5.74) is 3.52. The van der Waals surface area contributed by atoms with Gasteiger partial charge in [-0.3, -0.25) is 9.69 Å². The summed E-state index contributed by atoms with van der Waals surface area (Å²) in [7, 11) is 0. The molecule has 4 aliphatic rings. The predicted octanol–water partition coefficient (Wildman–Crippen LogP) is 5.02. The van der Waals surface area contributed by atoms with Crippen LogP contribution >= 0.6 is 0 Å². The van der Waals surface area contributed by atoms with Gasteiger partial charge in [0.2, 0.25) is 5.91 Å². The number of hydrogen-bond acceptors (Lipinski definition) is 6. The molecule has 3 aromatic rings.